The largest absolute Gasteiger partial charge is 0.487 e. The van der Waals surface area contributed by atoms with Crippen molar-refractivity contribution in [2.75, 3.05) is 6.54 Å². The second-order valence-electron chi connectivity index (χ2n) is 5.81. The standard InChI is InChI=1S/C16H17N3O2S/c20-16(19-15-11-5-14(15)17-6-11)10-2-1-3-13(4-10)21-7-12-8-22-9-18-12/h1-4,8-9,11,14-15,17H,5-7H2,(H,19,20)/t11-,14-,15+/m0/s1. The first-order valence-electron chi connectivity index (χ1n) is 7.44. The smallest absolute Gasteiger partial charge is 0.251 e. The lowest BCUT2D eigenvalue weighted by Gasteiger charge is -2.35. The second kappa shape index (κ2) is 5.70. The van der Waals surface area contributed by atoms with E-state index in [1.54, 1.807) is 22.9 Å². The maximum atomic E-state index is 12.3. The van der Waals surface area contributed by atoms with Crippen molar-refractivity contribution in [3.63, 3.8) is 0 Å². The highest BCUT2D eigenvalue weighted by molar-refractivity contribution is 7.07. The van der Waals surface area contributed by atoms with Gasteiger partial charge in [-0.2, -0.15) is 0 Å². The van der Waals surface area contributed by atoms with Crippen molar-refractivity contribution in [2.24, 2.45) is 5.92 Å². The molecule has 2 bridgehead atoms. The Kier molecular flexibility index (Phi) is 3.56. The first-order chi connectivity index (χ1) is 10.8. The van der Waals surface area contributed by atoms with E-state index in [2.05, 4.69) is 15.6 Å². The van der Waals surface area contributed by atoms with Gasteiger partial charge in [0.2, 0.25) is 0 Å². The van der Waals surface area contributed by atoms with E-state index in [0.29, 0.717) is 29.9 Å². The zero-order valence-corrected chi connectivity index (χ0v) is 12.8. The molecule has 6 heteroatoms. The van der Waals surface area contributed by atoms with Crippen LogP contribution in [0.4, 0.5) is 0 Å². The van der Waals surface area contributed by atoms with Gasteiger partial charge < -0.3 is 15.4 Å². The van der Waals surface area contributed by atoms with Crippen molar-refractivity contribution in [3.8, 4) is 5.75 Å². The molecule has 2 N–H and O–H groups in total. The third-order valence-electron chi connectivity index (χ3n) is 4.40. The molecule has 3 heterocycles. The van der Waals surface area contributed by atoms with E-state index in [9.17, 15) is 4.79 Å². The molecule has 114 valence electrons. The predicted octanol–water partition coefficient (Wildman–Crippen LogP) is 1.81. The van der Waals surface area contributed by atoms with Crippen molar-refractivity contribution in [1.82, 2.24) is 15.6 Å². The third-order valence-corrected chi connectivity index (χ3v) is 5.04. The molecule has 5 nitrogen and oxygen atoms in total. The van der Waals surface area contributed by atoms with Gasteiger partial charge in [-0.1, -0.05) is 6.07 Å². The van der Waals surface area contributed by atoms with Gasteiger partial charge in [-0.3, -0.25) is 4.79 Å². The molecule has 3 aliphatic rings. The summed E-state index contributed by atoms with van der Waals surface area (Å²) in [5.74, 6) is 1.26. The molecule has 1 aromatic heterocycles. The molecule has 0 radical (unpaired) electrons. The van der Waals surface area contributed by atoms with E-state index in [-0.39, 0.29) is 11.9 Å². The number of nitrogens with one attached hydrogen (secondary N) is 2. The fourth-order valence-corrected chi connectivity index (χ4v) is 3.66. The Balaban J connectivity index is 1.39. The van der Waals surface area contributed by atoms with Crippen LogP contribution in [0.1, 0.15) is 22.5 Å². The average Bonchev–Trinajstić information content (AvgIpc) is 3.27. The SMILES string of the molecule is O=C(N[C@@H]1[C@@H]2CN[C@H]1C2)c1cccc(OCc2cscn2)c1. The fraction of sp³-hybridized carbons (Fsp3) is 0.375. The van der Waals surface area contributed by atoms with Crippen molar-refractivity contribution >= 4 is 17.2 Å². The minimum atomic E-state index is -0.0255. The first kappa shape index (κ1) is 13.7. The zero-order chi connectivity index (χ0) is 14.9. The molecule has 0 unspecified atom stereocenters. The molecule has 3 atom stereocenters. The molecule has 1 aliphatic carbocycles. The quantitative estimate of drug-likeness (QED) is 0.883. The Labute approximate surface area is 132 Å². The molecule has 1 amide bonds. The van der Waals surface area contributed by atoms with E-state index in [4.69, 9.17) is 4.74 Å². The number of aromatic nitrogens is 1. The number of hydrogen-bond donors (Lipinski definition) is 2. The number of carbonyl (C=O) groups is 1. The number of amides is 1. The van der Waals surface area contributed by atoms with E-state index < -0.39 is 0 Å². The summed E-state index contributed by atoms with van der Waals surface area (Å²) in [6.45, 7) is 1.44. The number of rotatable bonds is 5. The molecule has 5 rings (SSSR count). The lowest BCUT2D eigenvalue weighted by Crippen LogP contribution is -2.54. The van der Waals surface area contributed by atoms with Crippen LogP contribution in [0.15, 0.2) is 35.2 Å². The molecule has 0 spiro atoms. The van der Waals surface area contributed by atoms with Gasteiger partial charge >= 0.3 is 0 Å². The van der Waals surface area contributed by atoms with Gasteiger partial charge in [0.25, 0.3) is 5.91 Å². The number of hydrogen-bond acceptors (Lipinski definition) is 5. The molecule has 3 fully saturated rings. The summed E-state index contributed by atoms with van der Waals surface area (Å²) in [4.78, 5) is 16.5. The highest BCUT2D eigenvalue weighted by atomic mass is 32.1. The molecule has 1 saturated carbocycles. The normalized spacial score (nSPS) is 25.5. The molecular weight excluding hydrogens is 298 g/mol. The van der Waals surface area contributed by atoms with Gasteiger partial charge in [0.15, 0.2) is 0 Å². The summed E-state index contributed by atoms with van der Waals surface area (Å²) in [6.07, 6.45) is 1.18. The van der Waals surface area contributed by atoms with Gasteiger partial charge in [0.1, 0.15) is 12.4 Å². The summed E-state index contributed by atoms with van der Waals surface area (Å²) in [7, 11) is 0. The highest BCUT2D eigenvalue weighted by Gasteiger charge is 2.47. The summed E-state index contributed by atoms with van der Waals surface area (Å²) in [6, 6.07) is 8.05. The van der Waals surface area contributed by atoms with E-state index in [1.165, 1.54) is 6.42 Å². The molecule has 2 aliphatic heterocycles. The van der Waals surface area contributed by atoms with Gasteiger partial charge in [0, 0.05) is 29.6 Å². The van der Waals surface area contributed by atoms with E-state index in [0.717, 1.165) is 12.2 Å². The van der Waals surface area contributed by atoms with Crippen LogP contribution >= 0.6 is 11.3 Å². The Morgan fingerprint density at radius 3 is 3.18 bits per heavy atom. The Morgan fingerprint density at radius 1 is 1.50 bits per heavy atom. The molecule has 2 aromatic rings. The number of carbonyl (C=O) groups excluding carboxylic acids is 1. The summed E-state index contributed by atoms with van der Waals surface area (Å²) >= 11 is 1.54. The lowest BCUT2D eigenvalue weighted by atomic mass is 9.80. The number of nitrogens with zero attached hydrogens (tertiary/aromatic N) is 1. The van der Waals surface area contributed by atoms with Crippen molar-refractivity contribution < 1.29 is 9.53 Å². The van der Waals surface area contributed by atoms with Crippen molar-refractivity contribution in [3.05, 3.63) is 46.4 Å². The molecule has 2 saturated heterocycles. The number of ether oxygens (including phenoxy) is 1. The third kappa shape index (κ3) is 2.60. The second-order valence-corrected chi connectivity index (χ2v) is 6.52. The predicted molar refractivity (Wildman–Crippen MR) is 84.0 cm³/mol. The topological polar surface area (TPSA) is 63.2 Å². The van der Waals surface area contributed by atoms with Crippen LogP contribution in [0.25, 0.3) is 0 Å². The van der Waals surface area contributed by atoms with Crippen LogP contribution in [0.3, 0.4) is 0 Å². The highest BCUT2D eigenvalue weighted by Crippen LogP contribution is 2.34. The number of thiazole rings is 1. The maximum absolute atomic E-state index is 12.3. The monoisotopic (exact) mass is 315 g/mol. The van der Waals surface area contributed by atoms with Crippen LogP contribution in [-0.4, -0.2) is 29.5 Å². The molecular formula is C16H17N3O2S. The van der Waals surface area contributed by atoms with Crippen molar-refractivity contribution in [2.45, 2.75) is 25.1 Å². The zero-order valence-electron chi connectivity index (χ0n) is 12.0. The van der Waals surface area contributed by atoms with Gasteiger partial charge in [-0.05, 0) is 30.5 Å². The average molecular weight is 315 g/mol. The van der Waals surface area contributed by atoms with E-state index in [1.807, 2.05) is 23.6 Å². The summed E-state index contributed by atoms with van der Waals surface area (Å²) in [5.41, 5.74) is 3.32. The van der Waals surface area contributed by atoms with Gasteiger partial charge in [0.05, 0.1) is 11.2 Å². The van der Waals surface area contributed by atoms with Gasteiger partial charge in [-0.25, -0.2) is 4.98 Å². The maximum Gasteiger partial charge on any atom is 0.251 e. The minimum absolute atomic E-state index is 0.0255. The Hall–Kier alpha value is -1.92. The van der Waals surface area contributed by atoms with Crippen LogP contribution in [0.2, 0.25) is 0 Å². The summed E-state index contributed by atoms with van der Waals surface area (Å²) < 4.78 is 5.69. The van der Waals surface area contributed by atoms with E-state index >= 15 is 0 Å². The van der Waals surface area contributed by atoms with Crippen LogP contribution in [0, 0.1) is 5.92 Å². The first-order valence-corrected chi connectivity index (χ1v) is 8.38. The number of benzene rings is 1. The van der Waals surface area contributed by atoms with Crippen molar-refractivity contribution in [1.29, 1.82) is 0 Å². The van der Waals surface area contributed by atoms with Gasteiger partial charge in [-0.15, -0.1) is 11.3 Å². The Morgan fingerprint density at radius 2 is 2.45 bits per heavy atom. The summed E-state index contributed by atoms with van der Waals surface area (Å²) in [5, 5.41) is 8.48. The molecule has 1 aromatic carbocycles. The molecule has 22 heavy (non-hydrogen) atoms. The fourth-order valence-electron chi connectivity index (χ4n) is 3.12. The number of fused-ring (bicyclic) bond motifs is 1. The Bertz CT molecular complexity index is 660. The van der Waals surface area contributed by atoms with Crippen LogP contribution < -0.4 is 15.4 Å². The van der Waals surface area contributed by atoms with Crippen LogP contribution in [0.5, 0.6) is 5.75 Å². The van der Waals surface area contributed by atoms with Crippen LogP contribution in [-0.2, 0) is 6.61 Å². The minimum Gasteiger partial charge on any atom is -0.487 e. The lowest BCUT2D eigenvalue weighted by molar-refractivity contribution is 0.0891.